The Labute approximate surface area is 89.3 Å². The van der Waals surface area contributed by atoms with Gasteiger partial charge in [0.25, 0.3) is 5.78 Å². The number of halogens is 3. The first-order valence-electron chi connectivity index (χ1n) is 4.25. The molecule has 1 rings (SSSR count). The van der Waals surface area contributed by atoms with Crippen LogP contribution in [0.5, 0.6) is 0 Å². The van der Waals surface area contributed by atoms with Crippen LogP contribution in [-0.2, 0) is 9.59 Å². The van der Waals surface area contributed by atoms with Crippen LogP contribution in [0.1, 0.15) is 11.6 Å². The smallest absolute Gasteiger partial charge is 0.334 e. The van der Waals surface area contributed by atoms with Crippen molar-refractivity contribution in [2.75, 3.05) is 0 Å². The highest BCUT2D eigenvalue weighted by Gasteiger charge is 2.43. The van der Waals surface area contributed by atoms with Gasteiger partial charge in [-0.05, 0) is 5.56 Å². The van der Waals surface area contributed by atoms with Crippen molar-refractivity contribution in [1.29, 1.82) is 0 Å². The zero-order chi connectivity index (χ0) is 12.2. The van der Waals surface area contributed by atoms with Crippen LogP contribution in [-0.4, -0.2) is 18.4 Å². The zero-order valence-electron chi connectivity index (χ0n) is 7.91. The average molecular weight is 230 g/mol. The molecule has 1 atom stereocenters. The van der Waals surface area contributed by atoms with E-state index in [0.29, 0.717) is 0 Å². The number of ketones is 1. The van der Waals surface area contributed by atoms with Gasteiger partial charge in [-0.2, -0.15) is 13.2 Å². The molecular weight excluding hydrogens is 223 g/mol. The highest BCUT2D eigenvalue weighted by Crippen LogP contribution is 2.25. The first kappa shape index (κ1) is 12.2. The van der Waals surface area contributed by atoms with Gasteiger partial charge in [0.1, 0.15) is 6.04 Å². The lowest BCUT2D eigenvalue weighted by Gasteiger charge is -2.16. The van der Waals surface area contributed by atoms with Crippen molar-refractivity contribution in [2.24, 2.45) is 0 Å². The van der Waals surface area contributed by atoms with Crippen molar-refractivity contribution >= 4 is 12.2 Å². The van der Waals surface area contributed by atoms with Gasteiger partial charge in [0.2, 0.25) is 0 Å². The number of carbonyl (C=O) groups is 1. The molecule has 0 fully saturated rings. The van der Waals surface area contributed by atoms with E-state index >= 15 is 0 Å². The number of rotatable bonds is 4. The number of hydrogen-bond acceptors (Lipinski definition) is 2. The van der Waals surface area contributed by atoms with E-state index in [1.165, 1.54) is 24.3 Å². The number of carbonyl (C=O) groups excluding carboxylic acids is 2. The predicted molar refractivity (Wildman–Crippen MR) is 49.1 cm³/mol. The summed E-state index contributed by atoms with van der Waals surface area (Å²) in [5, 5.41) is 1.73. The van der Waals surface area contributed by atoms with Gasteiger partial charge in [0.15, 0.2) is 0 Å². The quantitative estimate of drug-likeness (QED) is 0.797. The average Bonchev–Trinajstić information content (AvgIpc) is 2.25. The number of hydrogen-bond donors (Lipinski definition) is 1. The van der Waals surface area contributed by atoms with Crippen LogP contribution < -0.4 is 5.32 Å². The molecule has 1 amide bonds. The summed E-state index contributed by atoms with van der Waals surface area (Å²) in [6.07, 6.45) is -3.90. The van der Waals surface area contributed by atoms with Crippen molar-refractivity contribution in [3.05, 3.63) is 35.9 Å². The first-order chi connectivity index (χ1) is 7.46. The fourth-order valence-corrected chi connectivity index (χ4v) is 1.17. The van der Waals surface area contributed by atoms with Crippen LogP contribution >= 0.6 is 0 Å². The van der Waals surface area contributed by atoms with Gasteiger partial charge >= 0.3 is 12.6 Å². The minimum atomic E-state index is -5.00. The Morgan fingerprint density at radius 2 is 1.81 bits per heavy atom. The SMILES string of the molecule is O=[C]NC(C(=O)C(F)(F)F)c1ccccc1. The van der Waals surface area contributed by atoms with Crippen LogP contribution in [0.15, 0.2) is 30.3 Å². The monoisotopic (exact) mass is 230 g/mol. The highest BCUT2D eigenvalue weighted by molar-refractivity contribution is 5.91. The summed E-state index contributed by atoms with van der Waals surface area (Å²) >= 11 is 0. The second kappa shape index (κ2) is 4.78. The fourth-order valence-electron chi connectivity index (χ4n) is 1.17. The van der Waals surface area contributed by atoms with Crippen LogP contribution in [0, 0.1) is 0 Å². The molecule has 1 N–H and O–H groups in total. The third-order valence-corrected chi connectivity index (χ3v) is 1.88. The molecule has 0 aliphatic heterocycles. The molecule has 0 aliphatic rings. The lowest BCUT2D eigenvalue weighted by molar-refractivity contribution is -0.173. The molecule has 0 bridgehead atoms. The molecule has 1 radical (unpaired) electrons. The standard InChI is InChI=1S/C10H7F3NO2/c11-10(12,13)9(16)8(14-6-15)7-4-2-1-3-5-7/h1-5,8H,(H,14,15). The molecule has 0 heterocycles. The maximum Gasteiger partial charge on any atom is 0.452 e. The number of benzene rings is 1. The molecule has 0 saturated heterocycles. The summed E-state index contributed by atoms with van der Waals surface area (Å²) in [6.45, 7) is 0. The second-order valence-electron chi connectivity index (χ2n) is 2.95. The third-order valence-electron chi connectivity index (χ3n) is 1.88. The Bertz CT molecular complexity index is 375. The molecule has 0 saturated carbocycles. The van der Waals surface area contributed by atoms with E-state index in [0.717, 1.165) is 6.41 Å². The fraction of sp³-hybridized carbons (Fsp3) is 0.200. The van der Waals surface area contributed by atoms with Gasteiger partial charge in [-0.15, -0.1) is 0 Å². The molecule has 1 aromatic carbocycles. The van der Waals surface area contributed by atoms with E-state index in [1.807, 2.05) is 0 Å². The summed E-state index contributed by atoms with van der Waals surface area (Å²) in [5.41, 5.74) is 0.0631. The van der Waals surface area contributed by atoms with E-state index in [4.69, 9.17) is 0 Å². The van der Waals surface area contributed by atoms with Crippen molar-refractivity contribution in [1.82, 2.24) is 5.32 Å². The van der Waals surface area contributed by atoms with Gasteiger partial charge in [-0.1, -0.05) is 30.3 Å². The maximum absolute atomic E-state index is 12.2. The van der Waals surface area contributed by atoms with E-state index < -0.39 is 18.0 Å². The number of amides is 1. The molecule has 1 aromatic rings. The topological polar surface area (TPSA) is 46.2 Å². The summed E-state index contributed by atoms with van der Waals surface area (Å²) in [6, 6.07) is 5.43. The van der Waals surface area contributed by atoms with E-state index in [9.17, 15) is 22.8 Å². The van der Waals surface area contributed by atoms with Gasteiger partial charge in [0.05, 0.1) is 0 Å². The van der Waals surface area contributed by atoms with Crippen LogP contribution in [0.2, 0.25) is 0 Å². The summed E-state index contributed by atoms with van der Waals surface area (Å²) in [5.74, 6) is -2.03. The van der Waals surface area contributed by atoms with E-state index in [-0.39, 0.29) is 5.56 Å². The maximum atomic E-state index is 12.2. The first-order valence-corrected chi connectivity index (χ1v) is 4.25. The largest absolute Gasteiger partial charge is 0.452 e. The molecule has 0 spiro atoms. The normalized spacial score (nSPS) is 12.9. The minimum absolute atomic E-state index is 0.0631. The zero-order valence-corrected chi connectivity index (χ0v) is 7.91. The molecular formula is C10H7F3NO2. The Hall–Kier alpha value is -1.85. The molecule has 3 nitrogen and oxygen atoms in total. The Morgan fingerprint density at radius 3 is 2.25 bits per heavy atom. The van der Waals surface area contributed by atoms with Gasteiger partial charge < -0.3 is 5.32 Å². The predicted octanol–water partition coefficient (Wildman–Crippen LogP) is 1.52. The molecule has 6 heteroatoms. The van der Waals surface area contributed by atoms with E-state index in [1.54, 1.807) is 11.4 Å². The van der Waals surface area contributed by atoms with Crippen LogP contribution in [0.4, 0.5) is 13.2 Å². The number of alkyl halides is 3. The summed E-state index contributed by atoms with van der Waals surface area (Å²) in [4.78, 5) is 21.1. The van der Waals surface area contributed by atoms with Gasteiger partial charge in [-0.25, -0.2) is 0 Å². The molecule has 1 unspecified atom stereocenters. The molecule has 85 valence electrons. The second-order valence-corrected chi connectivity index (χ2v) is 2.95. The minimum Gasteiger partial charge on any atom is -0.334 e. The van der Waals surface area contributed by atoms with Crippen LogP contribution in [0.25, 0.3) is 0 Å². The Kier molecular flexibility index (Phi) is 3.65. The number of nitrogens with one attached hydrogen (secondary N) is 1. The summed E-state index contributed by atoms with van der Waals surface area (Å²) in [7, 11) is 0. The molecule has 0 aromatic heterocycles. The Morgan fingerprint density at radius 1 is 1.25 bits per heavy atom. The van der Waals surface area contributed by atoms with Crippen molar-refractivity contribution in [3.8, 4) is 0 Å². The summed E-state index contributed by atoms with van der Waals surface area (Å²) < 4.78 is 36.6. The van der Waals surface area contributed by atoms with Crippen molar-refractivity contribution < 1.29 is 22.8 Å². The van der Waals surface area contributed by atoms with E-state index in [2.05, 4.69) is 0 Å². The molecule has 16 heavy (non-hydrogen) atoms. The van der Waals surface area contributed by atoms with Crippen LogP contribution in [0.3, 0.4) is 0 Å². The van der Waals surface area contributed by atoms with Crippen molar-refractivity contribution in [3.63, 3.8) is 0 Å². The molecule has 0 aliphatic carbocycles. The Balaban J connectivity index is 3.01. The van der Waals surface area contributed by atoms with Gasteiger partial charge in [0, 0.05) is 0 Å². The third kappa shape index (κ3) is 2.82. The lowest BCUT2D eigenvalue weighted by atomic mass is 10.0. The lowest BCUT2D eigenvalue weighted by Crippen LogP contribution is -2.36. The highest BCUT2D eigenvalue weighted by atomic mass is 19.4. The van der Waals surface area contributed by atoms with Crippen molar-refractivity contribution in [2.45, 2.75) is 12.2 Å². The van der Waals surface area contributed by atoms with Gasteiger partial charge in [-0.3, -0.25) is 9.59 Å². The number of Topliss-reactive ketones (excluding diaryl/α,β-unsaturated/α-hetero) is 1.